The van der Waals surface area contributed by atoms with Crippen LogP contribution in [0.4, 0.5) is 0 Å². The molecule has 15 heavy (non-hydrogen) atoms. The van der Waals surface area contributed by atoms with Gasteiger partial charge in [-0.25, -0.2) is 0 Å². The average molecular weight is 202 g/mol. The predicted octanol–water partition coefficient (Wildman–Crippen LogP) is 4.34. The van der Waals surface area contributed by atoms with E-state index in [4.69, 9.17) is 0 Å². The summed E-state index contributed by atoms with van der Waals surface area (Å²) in [5.74, 6) is 0. The summed E-state index contributed by atoms with van der Waals surface area (Å²) in [6.07, 6.45) is 5.90. The Bertz CT molecular complexity index is 211. The van der Waals surface area contributed by atoms with Crippen LogP contribution in [0.25, 0.3) is 0 Å². The molecule has 0 heterocycles. The molecule has 0 aliphatic rings. The van der Waals surface area contributed by atoms with Gasteiger partial charge in [0.05, 0.1) is 12.5 Å². The molecule has 1 heteroatoms. The molecule has 0 radical (unpaired) electrons. The van der Waals surface area contributed by atoms with Gasteiger partial charge in [-0.1, -0.05) is 74.9 Å². The topological polar surface area (TPSA) is 9.23 Å². The van der Waals surface area contributed by atoms with Gasteiger partial charge in [-0.15, -0.1) is 0 Å². The highest BCUT2D eigenvalue weighted by Crippen LogP contribution is 1.79. The Hall–Kier alpha value is -2.02. The van der Waals surface area contributed by atoms with Crippen molar-refractivity contribution in [3.8, 4) is 0 Å². The van der Waals surface area contributed by atoms with Crippen LogP contribution in [0.1, 0.15) is 0 Å². The standard InChI is InChI=1S/C6H6.C4H6O.C4H6/c1-2-4-6-5-3-1;1-3-5-4-2;1-3-4-2/h1-6H;3-4H,1-2H2;3-4H,1-2H2. The van der Waals surface area contributed by atoms with E-state index in [9.17, 15) is 0 Å². The van der Waals surface area contributed by atoms with E-state index in [0.717, 1.165) is 0 Å². The molecule has 0 aromatic heterocycles. The van der Waals surface area contributed by atoms with E-state index in [-0.39, 0.29) is 0 Å². The highest BCUT2D eigenvalue weighted by Gasteiger charge is 1.57. The van der Waals surface area contributed by atoms with E-state index >= 15 is 0 Å². The minimum absolute atomic E-state index is 1.31. The zero-order chi connectivity index (χ0) is 11.8. The minimum atomic E-state index is 1.31. The molecule has 0 aliphatic heterocycles. The summed E-state index contributed by atoms with van der Waals surface area (Å²) in [5, 5.41) is 0. The summed E-state index contributed by atoms with van der Waals surface area (Å²) >= 11 is 0. The van der Waals surface area contributed by atoms with Crippen molar-refractivity contribution in [2.24, 2.45) is 0 Å². The first-order chi connectivity index (χ1) is 7.33. The van der Waals surface area contributed by atoms with Crippen molar-refractivity contribution in [1.82, 2.24) is 0 Å². The van der Waals surface area contributed by atoms with E-state index in [1.807, 2.05) is 36.4 Å². The highest BCUT2D eigenvalue weighted by molar-refractivity contribution is 4.99. The lowest BCUT2D eigenvalue weighted by Crippen LogP contribution is -1.52. The fourth-order valence-corrected chi connectivity index (χ4v) is 0.453. The van der Waals surface area contributed by atoms with Gasteiger partial charge in [0, 0.05) is 0 Å². The normalized spacial score (nSPS) is 6.40. The molecule has 0 atom stereocenters. The Morgan fingerprint density at radius 2 is 0.867 bits per heavy atom. The first kappa shape index (κ1) is 15.5. The second-order valence-corrected chi connectivity index (χ2v) is 2.10. The molecule has 0 N–H and O–H groups in total. The van der Waals surface area contributed by atoms with Crippen molar-refractivity contribution >= 4 is 0 Å². The number of hydrogen-bond acceptors (Lipinski definition) is 1. The number of ether oxygens (including phenoxy) is 1. The molecular formula is C14H18O. The van der Waals surface area contributed by atoms with Gasteiger partial charge in [-0.05, 0) is 0 Å². The van der Waals surface area contributed by atoms with E-state index in [1.165, 1.54) is 12.5 Å². The molecule has 1 rings (SSSR count). The third-order valence-electron chi connectivity index (χ3n) is 1.03. The summed E-state index contributed by atoms with van der Waals surface area (Å²) in [4.78, 5) is 0. The second kappa shape index (κ2) is 17.9. The van der Waals surface area contributed by atoms with Crippen LogP contribution in [0.15, 0.2) is 87.4 Å². The van der Waals surface area contributed by atoms with Gasteiger partial charge in [0.1, 0.15) is 0 Å². The first-order valence-corrected chi connectivity index (χ1v) is 4.44. The lowest BCUT2D eigenvalue weighted by Gasteiger charge is -1.76. The third-order valence-corrected chi connectivity index (χ3v) is 1.03. The smallest absolute Gasteiger partial charge is 0.0829 e. The zero-order valence-electron chi connectivity index (χ0n) is 9.01. The van der Waals surface area contributed by atoms with E-state index < -0.39 is 0 Å². The van der Waals surface area contributed by atoms with Gasteiger partial charge in [-0.3, -0.25) is 0 Å². The van der Waals surface area contributed by atoms with Gasteiger partial charge in [0.25, 0.3) is 0 Å². The first-order valence-electron chi connectivity index (χ1n) is 4.44. The van der Waals surface area contributed by atoms with Gasteiger partial charge in [-0.2, -0.15) is 0 Å². The molecule has 1 aromatic rings. The van der Waals surface area contributed by atoms with Crippen LogP contribution in [-0.4, -0.2) is 0 Å². The molecule has 0 bridgehead atoms. The molecule has 1 nitrogen and oxygen atoms in total. The number of allylic oxidation sites excluding steroid dienone is 2. The Kier molecular flexibility index (Phi) is 18.5. The molecular weight excluding hydrogens is 184 g/mol. The third kappa shape index (κ3) is 24.5. The van der Waals surface area contributed by atoms with E-state index in [1.54, 1.807) is 12.2 Å². The molecule has 0 amide bonds. The maximum absolute atomic E-state index is 4.36. The monoisotopic (exact) mass is 202 g/mol. The predicted molar refractivity (Wildman–Crippen MR) is 68.3 cm³/mol. The van der Waals surface area contributed by atoms with E-state index in [0.29, 0.717) is 0 Å². The van der Waals surface area contributed by atoms with E-state index in [2.05, 4.69) is 31.1 Å². The summed E-state index contributed by atoms with van der Waals surface area (Å²) in [5.41, 5.74) is 0. The Morgan fingerprint density at radius 3 is 0.933 bits per heavy atom. The van der Waals surface area contributed by atoms with Crippen LogP contribution in [0.3, 0.4) is 0 Å². The Morgan fingerprint density at radius 1 is 0.600 bits per heavy atom. The fourth-order valence-electron chi connectivity index (χ4n) is 0.453. The zero-order valence-corrected chi connectivity index (χ0v) is 9.01. The molecule has 0 saturated carbocycles. The van der Waals surface area contributed by atoms with Crippen molar-refractivity contribution in [3.63, 3.8) is 0 Å². The van der Waals surface area contributed by atoms with Crippen LogP contribution < -0.4 is 0 Å². The number of hydrogen-bond donors (Lipinski definition) is 0. The lowest BCUT2D eigenvalue weighted by molar-refractivity contribution is 0.406. The second-order valence-electron chi connectivity index (χ2n) is 2.10. The van der Waals surface area contributed by atoms with Gasteiger partial charge in [0.15, 0.2) is 0 Å². The lowest BCUT2D eigenvalue weighted by atomic mass is 10.4. The SMILES string of the molecule is C=CC=C.C=COC=C.c1ccccc1. The minimum Gasteiger partial charge on any atom is -0.474 e. The molecule has 0 unspecified atom stereocenters. The Balaban J connectivity index is 0. The Labute approximate surface area is 92.7 Å². The number of rotatable bonds is 3. The van der Waals surface area contributed by atoms with Gasteiger partial charge < -0.3 is 4.74 Å². The average Bonchev–Trinajstić information content (AvgIpc) is 2.33. The molecule has 80 valence electrons. The maximum Gasteiger partial charge on any atom is 0.0829 e. The van der Waals surface area contributed by atoms with Crippen molar-refractivity contribution in [2.75, 3.05) is 0 Å². The summed E-state index contributed by atoms with van der Waals surface area (Å²) < 4.78 is 4.36. The summed E-state index contributed by atoms with van der Waals surface area (Å²) in [6, 6.07) is 12.0. The van der Waals surface area contributed by atoms with Crippen LogP contribution >= 0.6 is 0 Å². The highest BCUT2D eigenvalue weighted by atomic mass is 16.5. The van der Waals surface area contributed by atoms with Crippen molar-refractivity contribution in [1.29, 1.82) is 0 Å². The van der Waals surface area contributed by atoms with Crippen LogP contribution in [-0.2, 0) is 4.74 Å². The molecule has 0 aliphatic carbocycles. The molecule has 1 aromatic carbocycles. The van der Waals surface area contributed by atoms with Gasteiger partial charge in [0.2, 0.25) is 0 Å². The van der Waals surface area contributed by atoms with Crippen LogP contribution in [0.2, 0.25) is 0 Å². The van der Waals surface area contributed by atoms with Crippen molar-refractivity contribution < 1.29 is 4.74 Å². The van der Waals surface area contributed by atoms with Crippen LogP contribution in [0, 0.1) is 0 Å². The van der Waals surface area contributed by atoms with Crippen molar-refractivity contribution in [2.45, 2.75) is 0 Å². The molecule has 0 spiro atoms. The molecule has 0 saturated heterocycles. The fraction of sp³-hybridized carbons (Fsp3) is 0. The maximum atomic E-state index is 4.36. The summed E-state index contributed by atoms with van der Waals surface area (Å²) in [7, 11) is 0. The van der Waals surface area contributed by atoms with Gasteiger partial charge >= 0.3 is 0 Å². The molecule has 0 fully saturated rings. The number of benzene rings is 1. The summed E-state index contributed by atoms with van der Waals surface area (Å²) in [6.45, 7) is 13.2. The largest absolute Gasteiger partial charge is 0.474 e. The van der Waals surface area contributed by atoms with Crippen LogP contribution in [0.5, 0.6) is 0 Å². The quantitative estimate of drug-likeness (QED) is 0.523. The van der Waals surface area contributed by atoms with Crippen molar-refractivity contribution in [3.05, 3.63) is 87.4 Å².